The fraction of sp³-hybridized carbons (Fsp3) is 0.467. The molecule has 0 saturated carbocycles. The van der Waals surface area contributed by atoms with Gasteiger partial charge in [0.1, 0.15) is 18.0 Å². The van der Waals surface area contributed by atoms with E-state index < -0.39 is 0 Å². The monoisotopic (exact) mass is 324 g/mol. The van der Waals surface area contributed by atoms with Gasteiger partial charge in [0.25, 0.3) is 0 Å². The van der Waals surface area contributed by atoms with Crippen molar-refractivity contribution < 1.29 is 0 Å². The van der Waals surface area contributed by atoms with E-state index >= 15 is 0 Å². The molecule has 0 aromatic carbocycles. The van der Waals surface area contributed by atoms with Crippen molar-refractivity contribution in [1.82, 2.24) is 9.97 Å². The van der Waals surface area contributed by atoms with Crippen LogP contribution in [0.25, 0.3) is 0 Å². The van der Waals surface area contributed by atoms with Crippen LogP contribution in [0.5, 0.6) is 0 Å². The van der Waals surface area contributed by atoms with Crippen LogP contribution in [0.2, 0.25) is 4.34 Å². The van der Waals surface area contributed by atoms with Crippen LogP contribution < -0.4 is 10.6 Å². The van der Waals surface area contributed by atoms with Crippen LogP contribution in [-0.4, -0.2) is 23.1 Å². The van der Waals surface area contributed by atoms with Crippen molar-refractivity contribution in [2.75, 3.05) is 23.7 Å². The Morgan fingerprint density at radius 3 is 2.48 bits per heavy atom. The van der Waals surface area contributed by atoms with Gasteiger partial charge in [0.05, 0.1) is 4.34 Å². The molecule has 2 heterocycles. The van der Waals surface area contributed by atoms with Gasteiger partial charge in [0.2, 0.25) is 0 Å². The van der Waals surface area contributed by atoms with E-state index in [-0.39, 0.29) is 0 Å². The van der Waals surface area contributed by atoms with Crippen molar-refractivity contribution in [2.24, 2.45) is 0 Å². The molecule has 2 rings (SSSR count). The molecule has 0 saturated heterocycles. The first kappa shape index (κ1) is 16.0. The summed E-state index contributed by atoms with van der Waals surface area (Å²) in [5.41, 5.74) is 1.14. The Hall–Kier alpha value is -1.33. The van der Waals surface area contributed by atoms with Crippen LogP contribution in [0, 0.1) is 0 Å². The molecular formula is C15H21ClN4S. The van der Waals surface area contributed by atoms with E-state index in [1.165, 1.54) is 4.88 Å². The van der Waals surface area contributed by atoms with E-state index in [0.29, 0.717) is 5.92 Å². The summed E-state index contributed by atoms with van der Waals surface area (Å²) in [6, 6.07) is 4.01. The van der Waals surface area contributed by atoms with E-state index in [1.807, 2.05) is 6.07 Å². The van der Waals surface area contributed by atoms with E-state index in [1.54, 1.807) is 17.7 Å². The third-order valence-electron chi connectivity index (χ3n) is 3.10. The Kier molecular flexibility index (Phi) is 5.82. The van der Waals surface area contributed by atoms with Crippen LogP contribution in [0.3, 0.4) is 0 Å². The van der Waals surface area contributed by atoms with Crippen LogP contribution in [0.15, 0.2) is 18.5 Å². The van der Waals surface area contributed by atoms with Crippen molar-refractivity contribution in [2.45, 2.75) is 33.1 Å². The molecule has 0 atom stereocenters. The van der Waals surface area contributed by atoms with Gasteiger partial charge in [-0.2, -0.15) is 0 Å². The Morgan fingerprint density at radius 1 is 1.19 bits per heavy atom. The van der Waals surface area contributed by atoms with E-state index in [0.717, 1.165) is 41.0 Å². The second-order valence-corrected chi connectivity index (χ2v) is 6.85. The highest BCUT2D eigenvalue weighted by Crippen LogP contribution is 2.28. The zero-order valence-electron chi connectivity index (χ0n) is 12.6. The fourth-order valence-corrected chi connectivity index (χ4v) is 3.27. The van der Waals surface area contributed by atoms with E-state index in [9.17, 15) is 0 Å². The minimum atomic E-state index is 0.360. The van der Waals surface area contributed by atoms with Gasteiger partial charge in [-0.05, 0) is 31.4 Å². The van der Waals surface area contributed by atoms with Gasteiger partial charge in [0.15, 0.2) is 0 Å². The molecule has 0 amide bonds. The lowest BCUT2D eigenvalue weighted by molar-refractivity contribution is 0.843. The Labute approximate surface area is 135 Å². The van der Waals surface area contributed by atoms with Crippen LogP contribution >= 0.6 is 22.9 Å². The molecule has 114 valence electrons. The van der Waals surface area contributed by atoms with Crippen LogP contribution in [-0.2, 0) is 6.42 Å². The number of hydrogen-bond acceptors (Lipinski definition) is 5. The third-order valence-corrected chi connectivity index (χ3v) is 4.39. The number of hydrogen-bond donors (Lipinski definition) is 2. The van der Waals surface area contributed by atoms with Crippen molar-refractivity contribution in [3.05, 3.63) is 33.2 Å². The Bertz CT molecular complexity index is 583. The van der Waals surface area contributed by atoms with Crippen LogP contribution in [0.4, 0.5) is 11.6 Å². The van der Waals surface area contributed by atoms with Crippen molar-refractivity contribution >= 4 is 34.6 Å². The van der Waals surface area contributed by atoms with Crippen molar-refractivity contribution in [3.8, 4) is 0 Å². The molecule has 0 aliphatic rings. The third kappa shape index (κ3) is 4.32. The second kappa shape index (κ2) is 7.61. The second-order valence-electron chi connectivity index (χ2n) is 5.05. The first-order chi connectivity index (χ1) is 10.1. The van der Waals surface area contributed by atoms with Gasteiger partial charge < -0.3 is 10.6 Å². The lowest BCUT2D eigenvalue weighted by Gasteiger charge is -2.17. The highest BCUT2D eigenvalue weighted by molar-refractivity contribution is 7.16. The van der Waals surface area contributed by atoms with Gasteiger partial charge in [-0.3, -0.25) is 0 Å². The zero-order valence-corrected chi connectivity index (χ0v) is 14.2. The summed E-state index contributed by atoms with van der Waals surface area (Å²) < 4.78 is 0.837. The molecule has 0 aliphatic carbocycles. The quantitative estimate of drug-likeness (QED) is 0.792. The molecule has 4 nitrogen and oxygen atoms in total. The maximum Gasteiger partial charge on any atom is 0.134 e. The van der Waals surface area contributed by atoms with Crippen molar-refractivity contribution in [1.29, 1.82) is 0 Å². The van der Waals surface area contributed by atoms with Crippen LogP contribution in [0.1, 0.15) is 37.1 Å². The van der Waals surface area contributed by atoms with Gasteiger partial charge in [-0.25, -0.2) is 9.97 Å². The van der Waals surface area contributed by atoms with Gasteiger partial charge in [0, 0.05) is 23.5 Å². The number of nitrogens with zero attached hydrogens (tertiary/aromatic N) is 2. The maximum absolute atomic E-state index is 5.95. The number of nitrogens with one attached hydrogen (secondary N) is 2. The standard InChI is InChI=1S/C15H21ClN4S/c1-4-17-14-13(10(2)3)15(20-9-19-14)18-8-7-11-5-6-12(16)21-11/h5-6,9-10H,4,7-8H2,1-3H3,(H2,17,18,19,20). The largest absolute Gasteiger partial charge is 0.370 e. The molecule has 0 bridgehead atoms. The SMILES string of the molecule is CCNc1ncnc(NCCc2ccc(Cl)s2)c1C(C)C. The van der Waals surface area contributed by atoms with Gasteiger partial charge in [-0.1, -0.05) is 25.4 Å². The normalized spacial score (nSPS) is 10.9. The van der Waals surface area contributed by atoms with Gasteiger partial charge >= 0.3 is 0 Å². The smallest absolute Gasteiger partial charge is 0.134 e. The predicted molar refractivity (Wildman–Crippen MR) is 91.8 cm³/mol. The fourth-order valence-electron chi connectivity index (χ4n) is 2.18. The summed E-state index contributed by atoms with van der Waals surface area (Å²) in [4.78, 5) is 10.0. The molecule has 0 unspecified atom stereocenters. The lowest BCUT2D eigenvalue weighted by Crippen LogP contribution is -2.12. The molecule has 6 heteroatoms. The molecular weight excluding hydrogens is 304 g/mol. The average Bonchev–Trinajstić information content (AvgIpc) is 2.85. The minimum absolute atomic E-state index is 0.360. The number of rotatable bonds is 7. The molecule has 0 aliphatic heterocycles. The van der Waals surface area contributed by atoms with E-state index in [4.69, 9.17) is 11.6 Å². The van der Waals surface area contributed by atoms with Crippen molar-refractivity contribution in [3.63, 3.8) is 0 Å². The molecule has 2 N–H and O–H groups in total. The molecule has 0 spiro atoms. The first-order valence-electron chi connectivity index (χ1n) is 7.18. The number of anilines is 2. The minimum Gasteiger partial charge on any atom is -0.370 e. The number of thiophene rings is 1. The summed E-state index contributed by atoms with van der Waals surface area (Å²) in [5.74, 6) is 2.20. The molecule has 21 heavy (non-hydrogen) atoms. The lowest BCUT2D eigenvalue weighted by atomic mass is 10.0. The zero-order chi connectivity index (χ0) is 15.2. The molecule has 0 radical (unpaired) electrons. The predicted octanol–water partition coefficient (Wildman–Crippen LogP) is 4.40. The Balaban J connectivity index is 2.06. The average molecular weight is 325 g/mol. The van der Waals surface area contributed by atoms with E-state index in [2.05, 4.69) is 47.4 Å². The molecule has 0 fully saturated rings. The summed E-state index contributed by atoms with van der Waals surface area (Å²) in [6.45, 7) is 8.07. The van der Waals surface area contributed by atoms with Gasteiger partial charge in [-0.15, -0.1) is 11.3 Å². The molecule has 2 aromatic rings. The summed E-state index contributed by atoms with van der Waals surface area (Å²) >= 11 is 7.57. The first-order valence-corrected chi connectivity index (χ1v) is 8.38. The highest BCUT2D eigenvalue weighted by Gasteiger charge is 2.14. The molecule has 2 aromatic heterocycles. The topological polar surface area (TPSA) is 49.8 Å². The summed E-state index contributed by atoms with van der Waals surface area (Å²) in [7, 11) is 0. The number of halogens is 1. The summed E-state index contributed by atoms with van der Waals surface area (Å²) in [6.07, 6.45) is 2.55. The number of aromatic nitrogens is 2. The Morgan fingerprint density at radius 2 is 1.90 bits per heavy atom. The highest BCUT2D eigenvalue weighted by atomic mass is 35.5. The summed E-state index contributed by atoms with van der Waals surface area (Å²) in [5, 5.41) is 6.73. The maximum atomic E-state index is 5.95.